The van der Waals surface area contributed by atoms with E-state index in [1.165, 1.54) is 0 Å². The molecule has 0 radical (unpaired) electrons. The molecular formula is C15H23BN2O4. The van der Waals surface area contributed by atoms with Crippen molar-refractivity contribution < 1.29 is 18.8 Å². The molecule has 120 valence electrons. The lowest BCUT2D eigenvalue weighted by Gasteiger charge is -2.32. The van der Waals surface area contributed by atoms with E-state index in [9.17, 15) is 4.79 Å². The number of carbonyl (C=O) groups excluding carboxylic acids is 1. The number of aryl methyl sites for hydroxylation is 1. The average molecular weight is 306 g/mol. The number of rotatable bonds is 4. The van der Waals surface area contributed by atoms with Gasteiger partial charge in [-0.2, -0.15) is 0 Å². The Hall–Kier alpha value is -1.47. The number of esters is 1. The fraction of sp³-hybridized carbons (Fsp3) is 0.667. The van der Waals surface area contributed by atoms with Gasteiger partial charge in [-0.1, -0.05) is 0 Å². The van der Waals surface area contributed by atoms with Crippen molar-refractivity contribution in [1.82, 2.24) is 9.97 Å². The van der Waals surface area contributed by atoms with Gasteiger partial charge in [-0.3, -0.25) is 4.79 Å². The Morgan fingerprint density at radius 1 is 1.27 bits per heavy atom. The Balaban J connectivity index is 2.16. The van der Waals surface area contributed by atoms with Gasteiger partial charge in [-0.15, -0.1) is 0 Å². The molecule has 7 heteroatoms. The van der Waals surface area contributed by atoms with Crippen molar-refractivity contribution >= 4 is 18.6 Å². The molecule has 1 fully saturated rings. The fourth-order valence-electron chi connectivity index (χ4n) is 2.15. The van der Waals surface area contributed by atoms with Crippen molar-refractivity contribution in [3.63, 3.8) is 0 Å². The normalized spacial score (nSPS) is 19.3. The minimum atomic E-state index is -0.498. The van der Waals surface area contributed by atoms with Gasteiger partial charge < -0.3 is 14.0 Å². The summed E-state index contributed by atoms with van der Waals surface area (Å²) >= 11 is 0. The first-order valence-electron chi connectivity index (χ1n) is 7.50. The molecule has 0 saturated carbocycles. The lowest BCUT2D eigenvalue weighted by molar-refractivity contribution is -0.142. The van der Waals surface area contributed by atoms with E-state index in [4.69, 9.17) is 14.0 Å². The molecule has 1 aliphatic heterocycles. The van der Waals surface area contributed by atoms with Gasteiger partial charge in [-0.25, -0.2) is 9.97 Å². The predicted molar refractivity (Wildman–Crippen MR) is 82.8 cm³/mol. The standard InChI is InChI=1S/C15H23BN2O4/c1-7-20-13(19)8-12-17-9-11(10(2)18-12)16-21-14(3,4)15(5,6)22-16/h9H,7-8H2,1-6H3. The van der Waals surface area contributed by atoms with Gasteiger partial charge in [0.15, 0.2) is 0 Å². The maximum Gasteiger partial charge on any atom is 0.498 e. The summed E-state index contributed by atoms with van der Waals surface area (Å²) in [6.45, 7) is 12.0. The second-order valence-corrected chi connectivity index (χ2v) is 6.40. The summed E-state index contributed by atoms with van der Waals surface area (Å²) in [5.41, 5.74) is 0.709. The van der Waals surface area contributed by atoms with Crippen LogP contribution in [-0.4, -0.2) is 40.9 Å². The van der Waals surface area contributed by atoms with Crippen molar-refractivity contribution in [3.05, 3.63) is 17.7 Å². The van der Waals surface area contributed by atoms with Crippen molar-refractivity contribution in [2.75, 3.05) is 6.61 Å². The molecule has 2 heterocycles. The lowest BCUT2D eigenvalue weighted by Crippen LogP contribution is -2.41. The Bertz CT molecular complexity index is 559. The monoisotopic (exact) mass is 306 g/mol. The van der Waals surface area contributed by atoms with Crippen LogP contribution in [0.5, 0.6) is 0 Å². The highest BCUT2D eigenvalue weighted by molar-refractivity contribution is 6.62. The Morgan fingerprint density at radius 2 is 1.86 bits per heavy atom. The minimum absolute atomic E-state index is 0.0678. The first kappa shape index (κ1) is 16.9. The van der Waals surface area contributed by atoms with Gasteiger partial charge in [0.05, 0.1) is 17.8 Å². The number of carbonyl (C=O) groups is 1. The second-order valence-electron chi connectivity index (χ2n) is 6.40. The zero-order valence-electron chi connectivity index (χ0n) is 14.1. The summed E-state index contributed by atoms with van der Waals surface area (Å²) in [4.78, 5) is 20.1. The fourth-order valence-corrected chi connectivity index (χ4v) is 2.15. The Kier molecular flexibility index (Phi) is 4.58. The van der Waals surface area contributed by atoms with E-state index in [1.807, 2.05) is 34.6 Å². The first-order valence-corrected chi connectivity index (χ1v) is 7.50. The van der Waals surface area contributed by atoms with E-state index in [0.717, 1.165) is 11.2 Å². The van der Waals surface area contributed by atoms with E-state index in [2.05, 4.69) is 9.97 Å². The SMILES string of the molecule is CCOC(=O)Cc1ncc(B2OC(C)(C)C(C)(C)O2)c(C)n1. The van der Waals surface area contributed by atoms with Crippen LogP contribution in [0.4, 0.5) is 0 Å². The molecule has 6 nitrogen and oxygen atoms in total. The molecule has 0 unspecified atom stereocenters. The third kappa shape index (κ3) is 3.30. The van der Waals surface area contributed by atoms with Gasteiger partial charge in [-0.05, 0) is 41.5 Å². The minimum Gasteiger partial charge on any atom is -0.466 e. The van der Waals surface area contributed by atoms with Crippen LogP contribution in [0.2, 0.25) is 0 Å². The van der Waals surface area contributed by atoms with E-state index >= 15 is 0 Å². The van der Waals surface area contributed by atoms with Gasteiger partial charge in [0, 0.05) is 17.4 Å². The molecule has 0 aromatic carbocycles. The summed E-state index contributed by atoms with van der Waals surface area (Å²) in [6, 6.07) is 0. The molecular weight excluding hydrogens is 283 g/mol. The molecule has 1 aliphatic rings. The highest BCUT2D eigenvalue weighted by atomic mass is 16.7. The average Bonchev–Trinajstić information content (AvgIpc) is 2.58. The number of ether oxygens (including phenoxy) is 1. The molecule has 0 atom stereocenters. The van der Waals surface area contributed by atoms with E-state index < -0.39 is 18.3 Å². The first-order chi connectivity index (χ1) is 10.2. The molecule has 22 heavy (non-hydrogen) atoms. The smallest absolute Gasteiger partial charge is 0.466 e. The van der Waals surface area contributed by atoms with E-state index in [0.29, 0.717) is 12.4 Å². The molecule has 1 saturated heterocycles. The number of hydrogen-bond donors (Lipinski definition) is 0. The molecule has 0 N–H and O–H groups in total. The van der Waals surface area contributed by atoms with Crippen LogP contribution in [0, 0.1) is 6.92 Å². The van der Waals surface area contributed by atoms with Crippen LogP contribution in [0.15, 0.2) is 6.20 Å². The quantitative estimate of drug-likeness (QED) is 0.615. The van der Waals surface area contributed by atoms with E-state index in [1.54, 1.807) is 13.1 Å². The van der Waals surface area contributed by atoms with Crippen molar-refractivity contribution in [1.29, 1.82) is 0 Å². The van der Waals surface area contributed by atoms with Gasteiger partial charge >= 0.3 is 13.1 Å². The maximum atomic E-state index is 11.5. The largest absolute Gasteiger partial charge is 0.498 e. The Morgan fingerprint density at radius 3 is 2.36 bits per heavy atom. The lowest BCUT2D eigenvalue weighted by atomic mass is 9.79. The molecule has 0 spiro atoms. The van der Waals surface area contributed by atoms with Crippen molar-refractivity contribution in [2.45, 2.75) is 59.2 Å². The van der Waals surface area contributed by atoms with Crippen LogP contribution in [0.1, 0.15) is 46.1 Å². The van der Waals surface area contributed by atoms with Crippen LogP contribution in [0.3, 0.4) is 0 Å². The topological polar surface area (TPSA) is 70.5 Å². The number of aromatic nitrogens is 2. The third-order valence-corrected chi connectivity index (χ3v) is 4.18. The van der Waals surface area contributed by atoms with Gasteiger partial charge in [0.1, 0.15) is 12.2 Å². The van der Waals surface area contributed by atoms with Crippen LogP contribution >= 0.6 is 0 Å². The number of nitrogens with zero attached hydrogens (tertiary/aromatic N) is 2. The summed E-state index contributed by atoms with van der Waals surface area (Å²) in [5, 5.41) is 0. The molecule has 0 aliphatic carbocycles. The molecule has 2 rings (SSSR count). The summed E-state index contributed by atoms with van der Waals surface area (Å²) in [5.74, 6) is 0.113. The number of hydrogen-bond acceptors (Lipinski definition) is 6. The van der Waals surface area contributed by atoms with Gasteiger partial charge in [0.2, 0.25) is 0 Å². The molecule has 1 aromatic heterocycles. The van der Waals surface area contributed by atoms with Crippen LogP contribution in [0.25, 0.3) is 0 Å². The van der Waals surface area contributed by atoms with Crippen LogP contribution in [-0.2, 0) is 25.3 Å². The predicted octanol–water partition coefficient (Wildman–Crippen LogP) is 1.19. The van der Waals surface area contributed by atoms with Gasteiger partial charge in [0.25, 0.3) is 0 Å². The zero-order valence-corrected chi connectivity index (χ0v) is 14.1. The highest BCUT2D eigenvalue weighted by Gasteiger charge is 2.52. The second kappa shape index (κ2) is 5.97. The molecule has 0 amide bonds. The third-order valence-electron chi connectivity index (χ3n) is 4.18. The summed E-state index contributed by atoms with van der Waals surface area (Å²) < 4.78 is 16.9. The van der Waals surface area contributed by atoms with Crippen LogP contribution < -0.4 is 5.46 Å². The maximum absolute atomic E-state index is 11.5. The summed E-state index contributed by atoms with van der Waals surface area (Å²) in [6.07, 6.45) is 1.73. The molecule has 0 bridgehead atoms. The zero-order chi connectivity index (χ0) is 16.5. The van der Waals surface area contributed by atoms with Crippen molar-refractivity contribution in [2.24, 2.45) is 0 Å². The van der Waals surface area contributed by atoms with E-state index in [-0.39, 0.29) is 12.4 Å². The summed E-state index contributed by atoms with van der Waals surface area (Å²) in [7, 11) is -0.498. The van der Waals surface area contributed by atoms with Crippen molar-refractivity contribution in [3.8, 4) is 0 Å². The molecule has 1 aromatic rings. The highest BCUT2D eigenvalue weighted by Crippen LogP contribution is 2.36. The Labute approximate surface area is 131 Å².